The minimum atomic E-state index is -2.22. The molecule has 0 bridgehead atoms. The van der Waals surface area contributed by atoms with Crippen molar-refractivity contribution in [2.24, 2.45) is 11.8 Å². The first-order valence-electron chi connectivity index (χ1n) is 15.5. The zero-order chi connectivity index (χ0) is 31.8. The van der Waals surface area contributed by atoms with Crippen molar-refractivity contribution in [2.75, 3.05) is 13.7 Å². The summed E-state index contributed by atoms with van der Waals surface area (Å²) < 4.78 is 19.9. The fraction of sp³-hybridized carbons (Fsp3) is 0.447. The van der Waals surface area contributed by atoms with Gasteiger partial charge >= 0.3 is 0 Å². The van der Waals surface area contributed by atoms with Gasteiger partial charge in [-0.1, -0.05) is 132 Å². The fourth-order valence-electron chi connectivity index (χ4n) is 5.50. The number of benzene rings is 3. The average molecular weight is 601 g/mol. The molecule has 3 rings (SSSR count). The van der Waals surface area contributed by atoms with Crippen molar-refractivity contribution in [1.29, 1.82) is 0 Å². The van der Waals surface area contributed by atoms with Crippen molar-refractivity contribution in [2.45, 2.75) is 83.9 Å². The number of methoxy groups -OCH3 is 1. The Labute approximate surface area is 261 Å². The minimum absolute atomic E-state index is 0.00901. The molecule has 0 aromatic heterocycles. The molecule has 3 aromatic carbocycles. The molecule has 0 amide bonds. The van der Waals surface area contributed by atoms with Gasteiger partial charge in [-0.05, 0) is 65.6 Å². The Morgan fingerprint density at radius 3 is 1.58 bits per heavy atom. The summed E-state index contributed by atoms with van der Waals surface area (Å²) in [6.07, 6.45) is -0.289. The second-order valence-electron chi connectivity index (χ2n) is 13.6. The van der Waals surface area contributed by atoms with Gasteiger partial charge in [0.25, 0.3) is 0 Å². The molecule has 0 radical (unpaired) electrons. The van der Waals surface area contributed by atoms with E-state index in [1.807, 2.05) is 18.2 Å². The summed E-state index contributed by atoms with van der Waals surface area (Å²) in [6.45, 7) is 21.7. The number of ether oxygens (including phenoxy) is 2. The van der Waals surface area contributed by atoms with E-state index in [0.29, 0.717) is 12.2 Å². The largest absolute Gasteiger partial charge is 0.411 e. The molecule has 0 saturated carbocycles. The van der Waals surface area contributed by atoms with E-state index < -0.39 is 20.0 Å². The van der Waals surface area contributed by atoms with E-state index in [2.05, 4.69) is 127 Å². The number of carbonyl (C=O) groups is 1. The first-order chi connectivity index (χ1) is 20.2. The van der Waals surface area contributed by atoms with Gasteiger partial charge in [0.05, 0.1) is 12.7 Å². The number of carbonyl (C=O) groups excluding carboxylic acids is 1. The Morgan fingerprint density at radius 1 is 0.814 bits per heavy atom. The fourth-order valence-corrected chi connectivity index (χ4v) is 6.89. The summed E-state index contributed by atoms with van der Waals surface area (Å²) in [5, 5.41) is -0.00901. The van der Waals surface area contributed by atoms with E-state index in [9.17, 15) is 4.79 Å². The predicted octanol–water partition coefficient (Wildman–Crippen LogP) is 9.21. The molecule has 0 unspecified atom stereocenters. The topological polar surface area (TPSA) is 44.8 Å². The van der Waals surface area contributed by atoms with Gasteiger partial charge in [0.2, 0.25) is 0 Å². The standard InChI is InChI=1S/C38H52O4Si/c1-28(2)34(39)36(40-8)35(42-43(9,10)37(5,6)7)30(4)26-29(3)27-41-38(31-20-14-11-15-21-31,32-22-16-12-17-23-32)33-24-18-13-19-25-33/h11-25,29-30,35-36H,1,26-27H2,2-10H3/t29-,30+,35+,36+/m0/s1. The summed E-state index contributed by atoms with van der Waals surface area (Å²) in [5.74, 6) is 0.118. The second kappa shape index (κ2) is 14.8. The zero-order valence-electron chi connectivity index (χ0n) is 27.7. The molecule has 0 aliphatic heterocycles. The van der Waals surface area contributed by atoms with Gasteiger partial charge in [-0.15, -0.1) is 0 Å². The van der Waals surface area contributed by atoms with E-state index in [1.165, 1.54) is 0 Å². The molecule has 4 nitrogen and oxygen atoms in total. The predicted molar refractivity (Wildman–Crippen MR) is 181 cm³/mol. The first-order valence-corrected chi connectivity index (χ1v) is 18.4. The molecule has 0 aliphatic rings. The highest BCUT2D eigenvalue weighted by Crippen LogP contribution is 2.42. The van der Waals surface area contributed by atoms with Gasteiger partial charge in [0, 0.05) is 7.11 Å². The summed E-state index contributed by atoms with van der Waals surface area (Å²) in [5.41, 5.74) is 2.95. The second-order valence-corrected chi connectivity index (χ2v) is 18.3. The Bertz CT molecular complexity index is 1200. The van der Waals surface area contributed by atoms with Crippen molar-refractivity contribution >= 4 is 14.1 Å². The van der Waals surface area contributed by atoms with Gasteiger partial charge in [0.15, 0.2) is 14.1 Å². The van der Waals surface area contributed by atoms with E-state index in [4.69, 9.17) is 13.9 Å². The van der Waals surface area contributed by atoms with Crippen LogP contribution < -0.4 is 0 Å². The number of rotatable bonds is 15. The number of hydrogen-bond acceptors (Lipinski definition) is 4. The highest BCUT2D eigenvalue weighted by molar-refractivity contribution is 6.74. The van der Waals surface area contributed by atoms with Gasteiger partial charge in [-0.2, -0.15) is 0 Å². The molecule has 0 N–H and O–H groups in total. The van der Waals surface area contributed by atoms with Crippen LogP contribution in [0.25, 0.3) is 0 Å². The van der Waals surface area contributed by atoms with Crippen LogP contribution in [0.2, 0.25) is 18.1 Å². The summed E-state index contributed by atoms with van der Waals surface area (Å²) in [4.78, 5) is 13.3. The number of Topliss-reactive ketones (excluding diaryl/α,β-unsaturated/α-hetero) is 1. The maximum absolute atomic E-state index is 13.3. The Hall–Kier alpha value is -2.83. The molecular formula is C38H52O4Si. The van der Waals surface area contributed by atoms with Crippen LogP contribution in [0, 0.1) is 11.8 Å². The molecule has 0 heterocycles. The molecule has 3 aromatic rings. The molecule has 0 aliphatic carbocycles. The van der Waals surface area contributed by atoms with Crippen LogP contribution in [0.3, 0.4) is 0 Å². The first kappa shape index (κ1) is 34.7. The lowest BCUT2D eigenvalue weighted by atomic mass is 9.80. The Kier molecular flexibility index (Phi) is 11.9. The molecule has 232 valence electrons. The third kappa shape index (κ3) is 8.21. The Morgan fingerprint density at radius 2 is 1.23 bits per heavy atom. The van der Waals surface area contributed by atoms with Crippen LogP contribution in [-0.4, -0.2) is 40.0 Å². The summed E-state index contributed by atoms with van der Waals surface area (Å²) in [7, 11) is -0.617. The van der Waals surface area contributed by atoms with Crippen LogP contribution in [0.1, 0.15) is 64.7 Å². The molecule has 0 saturated heterocycles. The van der Waals surface area contributed by atoms with Gasteiger partial charge in [-0.3, -0.25) is 4.79 Å². The average Bonchev–Trinajstić information content (AvgIpc) is 2.98. The van der Waals surface area contributed by atoms with Crippen molar-refractivity contribution in [3.8, 4) is 0 Å². The molecule has 4 atom stereocenters. The van der Waals surface area contributed by atoms with Crippen molar-refractivity contribution in [3.05, 3.63) is 120 Å². The zero-order valence-corrected chi connectivity index (χ0v) is 28.7. The lowest BCUT2D eigenvalue weighted by Gasteiger charge is -2.43. The monoisotopic (exact) mass is 600 g/mol. The Balaban J connectivity index is 1.95. The van der Waals surface area contributed by atoms with E-state index in [1.54, 1.807) is 14.0 Å². The molecule has 43 heavy (non-hydrogen) atoms. The van der Waals surface area contributed by atoms with Crippen LogP contribution in [0.15, 0.2) is 103 Å². The van der Waals surface area contributed by atoms with Crippen LogP contribution in [0.4, 0.5) is 0 Å². The smallest absolute Gasteiger partial charge is 0.192 e. The van der Waals surface area contributed by atoms with Gasteiger partial charge in [-0.25, -0.2) is 0 Å². The summed E-state index contributed by atoms with van der Waals surface area (Å²) >= 11 is 0. The number of hydrogen-bond donors (Lipinski definition) is 0. The van der Waals surface area contributed by atoms with Crippen LogP contribution in [0.5, 0.6) is 0 Å². The van der Waals surface area contributed by atoms with Crippen molar-refractivity contribution in [1.82, 2.24) is 0 Å². The van der Waals surface area contributed by atoms with Crippen LogP contribution in [-0.2, 0) is 24.3 Å². The number of ketones is 1. The quantitative estimate of drug-likeness (QED) is 0.0991. The lowest BCUT2D eigenvalue weighted by Crippen LogP contribution is -2.52. The third-order valence-corrected chi connectivity index (χ3v) is 13.4. The molecule has 5 heteroatoms. The molecule has 0 fully saturated rings. The highest BCUT2D eigenvalue weighted by Gasteiger charge is 2.44. The minimum Gasteiger partial charge on any atom is -0.411 e. The van der Waals surface area contributed by atoms with Gasteiger partial charge < -0.3 is 13.9 Å². The van der Waals surface area contributed by atoms with E-state index in [-0.39, 0.29) is 28.8 Å². The molecule has 0 spiro atoms. The van der Waals surface area contributed by atoms with Gasteiger partial charge in [0.1, 0.15) is 11.7 Å². The molecular weight excluding hydrogens is 549 g/mol. The third-order valence-electron chi connectivity index (χ3n) is 8.93. The lowest BCUT2D eigenvalue weighted by molar-refractivity contribution is -0.133. The summed E-state index contributed by atoms with van der Waals surface area (Å²) in [6, 6.07) is 31.4. The van der Waals surface area contributed by atoms with Crippen molar-refractivity contribution < 1.29 is 18.7 Å². The van der Waals surface area contributed by atoms with Crippen molar-refractivity contribution in [3.63, 3.8) is 0 Å². The van der Waals surface area contributed by atoms with E-state index >= 15 is 0 Å². The maximum atomic E-state index is 13.3. The normalized spacial score (nSPS) is 15.4. The maximum Gasteiger partial charge on any atom is 0.192 e. The highest BCUT2D eigenvalue weighted by atomic mass is 28.4. The van der Waals surface area contributed by atoms with E-state index in [0.717, 1.165) is 23.1 Å². The SMILES string of the molecule is C=C(C)C(=O)[C@@H](OC)[C@H](O[Si](C)(C)C(C)(C)C)[C@H](C)C[C@H](C)COC(c1ccccc1)(c1ccccc1)c1ccccc1. The van der Waals surface area contributed by atoms with Crippen LogP contribution >= 0.6 is 0 Å².